The number of fused-ring (bicyclic) bond motifs is 13. The zero-order valence-electron chi connectivity index (χ0n) is 37.6. The fraction of sp³-hybridized carbons (Fsp3) is 0.213. The van der Waals surface area contributed by atoms with E-state index >= 15 is 0 Å². The molecule has 0 atom stereocenters. The maximum atomic E-state index is 2.55. The molecular formula is C61H55N. The van der Waals surface area contributed by atoms with E-state index in [0.717, 1.165) is 17.1 Å². The average Bonchev–Trinajstić information content (AvgIpc) is 3.81. The Labute approximate surface area is 368 Å². The van der Waals surface area contributed by atoms with Crippen molar-refractivity contribution >= 4 is 17.1 Å². The third-order valence-electron chi connectivity index (χ3n) is 14.5. The minimum Gasteiger partial charge on any atom is -0.310 e. The molecule has 3 aliphatic carbocycles. The van der Waals surface area contributed by atoms with Crippen LogP contribution >= 0.6 is 0 Å². The van der Waals surface area contributed by atoms with Crippen molar-refractivity contribution in [3.8, 4) is 44.5 Å². The summed E-state index contributed by atoms with van der Waals surface area (Å²) in [5.41, 5.74) is 25.5. The number of aryl methyl sites for hydroxylation is 1. The van der Waals surface area contributed by atoms with Gasteiger partial charge >= 0.3 is 0 Å². The number of anilines is 3. The van der Waals surface area contributed by atoms with Crippen LogP contribution in [0.5, 0.6) is 0 Å². The average molecular weight is 802 g/mol. The van der Waals surface area contributed by atoms with Crippen molar-refractivity contribution in [2.24, 2.45) is 0 Å². The van der Waals surface area contributed by atoms with Crippen LogP contribution in [0.1, 0.15) is 105 Å². The van der Waals surface area contributed by atoms with E-state index in [9.17, 15) is 0 Å². The molecule has 0 amide bonds. The van der Waals surface area contributed by atoms with Gasteiger partial charge in [0.05, 0.1) is 5.41 Å². The topological polar surface area (TPSA) is 3.24 Å². The van der Waals surface area contributed by atoms with E-state index in [1.807, 2.05) is 0 Å². The summed E-state index contributed by atoms with van der Waals surface area (Å²) in [7, 11) is 0. The predicted molar refractivity (Wildman–Crippen MR) is 263 cm³/mol. The third-order valence-corrected chi connectivity index (χ3v) is 14.5. The Hall–Kier alpha value is -6.44. The highest BCUT2D eigenvalue weighted by atomic mass is 15.1. The van der Waals surface area contributed by atoms with E-state index in [4.69, 9.17) is 0 Å². The Balaban J connectivity index is 1.20. The molecule has 0 fully saturated rings. The molecule has 62 heavy (non-hydrogen) atoms. The van der Waals surface area contributed by atoms with Crippen molar-refractivity contribution < 1.29 is 0 Å². The molecule has 1 nitrogen and oxygen atoms in total. The van der Waals surface area contributed by atoms with Gasteiger partial charge in [-0.05, 0) is 149 Å². The van der Waals surface area contributed by atoms with Crippen LogP contribution in [-0.2, 0) is 21.7 Å². The normalized spacial score (nSPS) is 14.8. The van der Waals surface area contributed by atoms with Crippen molar-refractivity contribution in [3.63, 3.8) is 0 Å². The molecule has 304 valence electrons. The summed E-state index contributed by atoms with van der Waals surface area (Å²) >= 11 is 0. The van der Waals surface area contributed by atoms with Crippen molar-refractivity contribution in [3.05, 3.63) is 220 Å². The summed E-state index contributed by atoms with van der Waals surface area (Å²) in [5.74, 6) is 0. The van der Waals surface area contributed by atoms with E-state index in [1.165, 1.54) is 94.6 Å². The van der Waals surface area contributed by atoms with E-state index in [1.54, 1.807) is 0 Å². The SMILES string of the molecule is Cc1ccccc1-c1cccc(N(c2ccc3c(c2)C(C)(C)c2ccccc2-3)c2ccc3c(c2)C2(c4ccccc4-3)c3cc(C(C)(C)C)ccc3-c3ccc(C(C)(C)C)cc32)c1. The minimum absolute atomic E-state index is 0.00963. The van der Waals surface area contributed by atoms with Gasteiger partial charge < -0.3 is 4.90 Å². The lowest BCUT2D eigenvalue weighted by Gasteiger charge is -2.34. The second-order valence-corrected chi connectivity index (χ2v) is 20.6. The third kappa shape index (κ3) is 5.46. The van der Waals surface area contributed by atoms with Gasteiger partial charge in [0.2, 0.25) is 0 Å². The second kappa shape index (κ2) is 13.3. The van der Waals surface area contributed by atoms with Gasteiger partial charge in [-0.25, -0.2) is 0 Å². The fourth-order valence-electron chi connectivity index (χ4n) is 11.2. The van der Waals surface area contributed by atoms with Crippen LogP contribution in [0.3, 0.4) is 0 Å². The number of nitrogens with zero attached hydrogens (tertiary/aromatic N) is 1. The van der Waals surface area contributed by atoms with E-state index in [-0.39, 0.29) is 16.2 Å². The number of benzene rings is 8. The van der Waals surface area contributed by atoms with Crippen LogP contribution in [0.15, 0.2) is 170 Å². The van der Waals surface area contributed by atoms with Crippen LogP contribution in [-0.4, -0.2) is 0 Å². The highest BCUT2D eigenvalue weighted by molar-refractivity contribution is 5.97. The highest BCUT2D eigenvalue weighted by Gasteiger charge is 2.52. The lowest BCUT2D eigenvalue weighted by atomic mass is 9.68. The predicted octanol–water partition coefficient (Wildman–Crippen LogP) is 16.4. The van der Waals surface area contributed by atoms with Gasteiger partial charge in [-0.1, -0.05) is 189 Å². The number of rotatable bonds is 4. The number of hydrogen-bond donors (Lipinski definition) is 0. The molecule has 0 N–H and O–H groups in total. The summed E-state index contributed by atoms with van der Waals surface area (Å²) in [5, 5.41) is 0. The van der Waals surface area contributed by atoms with Gasteiger partial charge in [0.25, 0.3) is 0 Å². The van der Waals surface area contributed by atoms with Gasteiger partial charge in [-0.2, -0.15) is 0 Å². The second-order valence-electron chi connectivity index (χ2n) is 20.6. The Bertz CT molecular complexity index is 3080. The minimum atomic E-state index is -0.495. The summed E-state index contributed by atoms with van der Waals surface area (Å²) in [6.45, 7) is 21.0. The van der Waals surface area contributed by atoms with E-state index < -0.39 is 5.41 Å². The summed E-state index contributed by atoms with van der Waals surface area (Å²) in [6.07, 6.45) is 0. The molecule has 0 saturated heterocycles. The molecule has 11 rings (SSSR count). The zero-order valence-corrected chi connectivity index (χ0v) is 37.6. The molecule has 8 aromatic rings. The highest BCUT2D eigenvalue weighted by Crippen LogP contribution is 2.64. The molecule has 0 aromatic heterocycles. The fourth-order valence-corrected chi connectivity index (χ4v) is 11.2. The lowest BCUT2D eigenvalue weighted by Crippen LogP contribution is -2.27. The van der Waals surface area contributed by atoms with Gasteiger partial charge in [-0.15, -0.1) is 0 Å². The van der Waals surface area contributed by atoms with Crippen LogP contribution in [0.4, 0.5) is 17.1 Å². The van der Waals surface area contributed by atoms with Gasteiger partial charge in [0, 0.05) is 22.5 Å². The maximum Gasteiger partial charge on any atom is 0.0726 e. The monoisotopic (exact) mass is 801 g/mol. The van der Waals surface area contributed by atoms with Crippen molar-refractivity contribution in [2.45, 2.75) is 84.0 Å². The Morgan fingerprint density at radius 2 is 0.790 bits per heavy atom. The standard InChI is InChI=1S/C61H55N/c1-38-17-10-11-20-45(38)39-18-16-19-42(33-39)62(43-27-31-48-46-21-12-14-23-52(46)60(8,9)54(48)36-43)44-28-32-51-47-22-13-15-24-53(47)61(57(51)37-44)55-34-40(58(2,3)4)25-29-49(55)50-30-26-41(35-56(50)61)59(5,6)7/h10-37H,1-9H3. The first kappa shape index (κ1) is 38.5. The molecule has 0 saturated carbocycles. The Kier molecular flexibility index (Phi) is 8.24. The molecule has 8 aromatic carbocycles. The molecule has 3 aliphatic rings. The molecule has 0 unspecified atom stereocenters. The number of hydrogen-bond acceptors (Lipinski definition) is 1. The van der Waals surface area contributed by atoms with Crippen molar-refractivity contribution in [1.82, 2.24) is 0 Å². The maximum absolute atomic E-state index is 2.55. The molecule has 0 heterocycles. The molecule has 1 spiro atoms. The summed E-state index contributed by atoms with van der Waals surface area (Å²) in [6, 6.07) is 65.3. The zero-order chi connectivity index (χ0) is 42.9. The molecular weight excluding hydrogens is 747 g/mol. The van der Waals surface area contributed by atoms with Gasteiger partial charge in [0.15, 0.2) is 0 Å². The van der Waals surface area contributed by atoms with E-state index in [0.29, 0.717) is 0 Å². The van der Waals surface area contributed by atoms with Gasteiger partial charge in [0.1, 0.15) is 0 Å². The molecule has 1 heteroatoms. The first-order valence-electron chi connectivity index (χ1n) is 22.4. The van der Waals surface area contributed by atoms with Crippen molar-refractivity contribution in [1.29, 1.82) is 0 Å². The smallest absolute Gasteiger partial charge is 0.0726 e. The van der Waals surface area contributed by atoms with Crippen LogP contribution in [0.25, 0.3) is 44.5 Å². The lowest BCUT2D eigenvalue weighted by molar-refractivity contribution is 0.586. The van der Waals surface area contributed by atoms with Crippen LogP contribution in [0.2, 0.25) is 0 Å². The molecule has 0 radical (unpaired) electrons. The largest absolute Gasteiger partial charge is 0.310 e. The van der Waals surface area contributed by atoms with Crippen LogP contribution < -0.4 is 4.90 Å². The summed E-state index contributed by atoms with van der Waals surface area (Å²) in [4.78, 5) is 2.52. The first-order chi connectivity index (χ1) is 29.7. The quantitative estimate of drug-likeness (QED) is 0.171. The van der Waals surface area contributed by atoms with Crippen LogP contribution in [0, 0.1) is 6.92 Å². The Morgan fingerprint density at radius 3 is 1.37 bits per heavy atom. The van der Waals surface area contributed by atoms with Crippen molar-refractivity contribution in [2.75, 3.05) is 4.90 Å². The molecule has 0 bridgehead atoms. The molecule has 0 aliphatic heterocycles. The first-order valence-corrected chi connectivity index (χ1v) is 22.4. The van der Waals surface area contributed by atoms with Gasteiger partial charge in [-0.3, -0.25) is 0 Å². The Morgan fingerprint density at radius 1 is 0.355 bits per heavy atom. The van der Waals surface area contributed by atoms with E-state index in [2.05, 4.69) is 237 Å². The summed E-state index contributed by atoms with van der Waals surface area (Å²) < 4.78 is 0.